The van der Waals surface area contributed by atoms with Crippen molar-refractivity contribution in [3.05, 3.63) is 29.3 Å². The number of aryl methyl sites for hydroxylation is 1. The van der Waals surface area contributed by atoms with E-state index in [1.165, 1.54) is 0 Å². The second-order valence-corrected chi connectivity index (χ2v) is 5.11. The summed E-state index contributed by atoms with van der Waals surface area (Å²) in [5, 5.41) is 12.2. The van der Waals surface area contributed by atoms with Crippen LogP contribution in [-0.4, -0.2) is 42.4 Å². The summed E-state index contributed by atoms with van der Waals surface area (Å²) in [6.45, 7) is 0.527. The Bertz CT molecular complexity index is 524. The minimum absolute atomic E-state index is 0.117. The molecule has 1 aromatic carbocycles. The molecule has 0 saturated carbocycles. The van der Waals surface area contributed by atoms with Crippen LogP contribution in [0.15, 0.2) is 23.4 Å². The van der Waals surface area contributed by atoms with Crippen LogP contribution in [0.2, 0.25) is 0 Å². The molecular formula is C15H20N2O3. The van der Waals surface area contributed by atoms with Crippen molar-refractivity contribution in [3.63, 3.8) is 0 Å². The SMILES string of the molecule is CN(C)C(=O)CCCOc1ccc2c(c1)CC/C2=N\O. The highest BCUT2D eigenvalue weighted by Gasteiger charge is 2.18. The topological polar surface area (TPSA) is 62.1 Å². The summed E-state index contributed by atoms with van der Waals surface area (Å²) in [4.78, 5) is 13.0. The summed E-state index contributed by atoms with van der Waals surface area (Å²) in [5.41, 5.74) is 2.89. The number of hydrogen-bond donors (Lipinski definition) is 1. The standard InChI is InChI=1S/C15H20N2O3/c1-17(2)15(18)4-3-9-20-12-6-7-13-11(10-12)5-8-14(13)16-19/h6-7,10,19H,3-5,8-9H2,1-2H3/b16-14+. The van der Waals surface area contributed by atoms with Gasteiger partial charge in [0.05, 0.1) is 12.3 Å². The summed E-state index contributed by atoms with van der Waals surface area (Å²) >= 11 is 0. The van der Waals surface area contributed by atoms with Gasteiger partial charge in [-0.15, -0.1) is 0 Å². The quantitative estimate of drug-likeness (QED) is 0.508. The molecule has 20 heavy (non-hydrogen) atoms. The van der Waals surface area contributed by atoms with Crippen LogP contribution >= 0.6 is 0 Å². The molecule has 1 N–H and O–H groups in total. The highest BCUT2D eigenvalue weighted by molar-refractivity contribution is 6.04. The number of hydrogen-bond acceptors (Lipinski definition) is 4. The molecule has 0 saturated heterocycles. The Morgan fingerprint density at radius 3 is 2.90 bits per heavy atom. The molecule has 0 heterocycles. The van der Waals surface area contributed by atoms with E-state index < -0.39 is 0 Å². The van der Waals surface area contributed by atoms with Gasteiger partial charge in [-0.25, -0.2) is 0 Å². The van der Waals surface area contributed by atoms with Crippen LogP contribution in [0, 0.1) is 0 Å². The van der Waals surface area contributed by atoms with Gasteiger partial charge in [-0.3, -0.25) is 4.79 Å². The zero-order chi connectivity index (χ0) is 14.5. The maximum Gasteiger partial charge on any atom is 0.222 e. The van der Waals surface area contributed by atoms with Crippen LogP contribution < -0.4 is 4.74 Å². The summed E-state index contributed by atoms with van der Waals surface area (Å²) in [5.74, 6) is 0.923. The summed E-state index contributed by atoms with van der Waals surface area (Å²) < 4.78 is 5.66. The fourth-order valence-electron chi connectivity index (χ4n) is 2.28. The summed E-state index contributed by atoms with van der Waals surface area (Å²) in [6.07, 6.45) is 2.86. The van der Waals surface area contributed by atoms with E-state index in [2.05, 4.69) is 5.16 Å². The largest absolute Gasteiger partial charge is 0.494 e. The van der Waals surface area contributed by atoms with Gasteiger partial charge >= 0.3 is 0 Å². The van der Waals surface area contributed by atoms with Crippen LogP contribution in [0.4, 0.5) is 0 Å². The zero-order valence-electron chi connectivity index (χ0n) is 11.9. The molecule has 1 amide bonds. The molecule has 0 aliphatic heterocycles. The molecule has 108 valence electrons. The number of benzene rings is 1. The smallest absolute Gasteiger partial charge is 0.222 e. The average molecular weight is 276 g/mol. The van der Waals surface area contributed by atoms with Crippen LogP contribution in [-0.2, 0) is 11.2 Å². The molecule has 1 aliphatic rings. The van der Waals surface area contributed by atoms with Crippen molar-refractivity contribution in [1.29, 1.82) is 0 Å². The van der Waals surface area contributed by atoms with E-state index in [4.69, 9.17) is 9.94 Å². The predicted octanol–water partition coefficient (Wildman–Crippen LogP) is 2.06. The Hall–Kier alpha value is -2.04. The third-order valence-corrected chi connectivity index (χ3v) is 3.44. The highest BCUT2D eigenvalue weighted by atomic mass is 16.5. The van der Waals surface area contributed by atoms with Gasteiger partial charge in [-0.05, 0) is 43.0 Å². The van der Waals surface area contributed by atoms with Gasteiger partial charge in [0.15, 0.2) is 0 Å². The van der Waals surface area contributed by atoms with Crippen molar-refractivity contribution in [3.8, 4) is 5.75 Å². The zero-order valence-corrected chi connectivity index (χ0v) is 11.9. The van der Waals surface area contributed by atoms with Crippen molar-refractivity contribution in [2.75, 3.05) is 20.7 Å². The maximum atomic E-state index is 11.4. The lowest BCUT2D eigenvalue weighted by Crippen LogP contribution is -2.21. The van der Waals surface area contributed by atoms with Crippen molar-refractivity contribution >= 4 is 11.6 Å². The Labute approximate surface area is 118 Å². The molecule has 0 aromatic heterocycles. The molecule has 5 nitrogen and oxygen atoms in total. The van der Waals surface area contributed by atoms with Crippen LogP contribution in [0.5, 0.6) is 5.75 Å². The lowest BCUT2D eigenvalue weighted by molar-refractivity contribution is -0.128. The number of oxime groups is 1. The Morgan fingerprint density at radius 1 is 1.40 bits per heavy atom. The molecule has 0 fully saturated rings. The van der Waals surface area contributed by atoms with E-state index in [0.717, 1.165) is 35.4 Å². The van der Waals surface area contributed by atoms with Crippen LogP contribution in [0.25, 0.3) is 0 Å². The Kier molecular flexibility index (Phi) is 4.61. The lowest BCUT2D eigenvalue weighted by atomic mass is 10.1. The van der Waals surface area contributed by atoms with E-state index in [0.29, 0.717) is 19.4 Å². The Balaban J connectivity index is 1.85. The van der Waals surface area contributed by atoms with Gasteiger partial charge in [0.2, 0.25) is 5.91 Å². The fourth-order valence-corrected chi connectivity index (χ4v) is 2.28. The van der Waals surface area contributed by atoms with E-state index in [9.17, 15) is 4.79 Å². The number of amides is 1. The minimum Gasteiger partial charge on any atom is -0.494 e. The lowest BCUT2D eigenvalue weighted by Gasteiger charge is -2.11. The number of fused-ring (bicyclic) bond motifs is 1. The number of rotatable bonds is 5. The molecule has 0 bridgehead atoms. The van der Waals surface area contributed by atoms with Gasteiger partial charge in [0, 0.05) is 26.1 Å². The molecule has 5 heteroatoms. The molecule has 2 rings (SSSR count). The van der Waals surface area contributed by atoms with Gasteiger partial charge in [-0.2, -0.15) is 0 Å². The molecule has 1 aliphatic carbocycles. The van der Waals surface area contributed by atoms with E-state index >= 15 is 0 Å². The molecule has 0 atom stereocenters. The minimum atomic E-state index is 0.117. The number of ether oxygens (including phenoxy) is 1. The number of nitrogens with zero attached hydrogens (tertiary/aromatic N) is 2. The van der Waals surface area contributed by atoms with E-state index in [1.54, 1.807) is 19.0 Å². The predicted molar refractivity (Wildman–Crippen MR) is 76.5 cm³/mol. The summed E-state index contributed by atoms with van der Waals surface area (Å²) in [7, 11) is 3.51. The van der Waals surface area contributed by atoms with E-state index in [1.807, 2.05) is 18.2 Å². The first kappa shape index (κ1) is 14.4. The first-order chi connectivity index (χ1) is 9.61. The van der Waals surface area contributed by atoms with Crippen LogP contribution in [0.3, 0.4) is 0 Å². The Morgan fingerprint density at radius 2 is 2.20 bits per heavy atom. The molecule has 1 aromatic rings. The highest BCUT2D eigenvalue weighted by Crippen LogP contribution is 2.26. The van der Waals surface area contributed by atoms with E-state index in [-0.39, 0.29) is 5.91 Å². The summed E-state index contributed by atoms with van der Waals surface area (Å²) in [6, 6.07) is 5.79. The monoisotopic (exact) mass is 276 g/mol. The second kappa shape index (κ2) is 6.41. The molecular weight excluding hydrogens is 256 g/mol. The number of carbonyl (C=O) groups excluding carboxylic acids is 1. The fraction of sp³-hybridized carbons (Fsp3) is 0.467. The normalized spacial score (nSPS) is 15.2. The van der Waals surface area contributed by atoms with Gasteiger partial charge < -0.3 is 14.8 Å². The van der Waals surface area contributed by atoms with Crippen molar-refractivity contribution in [2.24, 2.45) is 5.16 Å². The van der Waals surface area contributed by atoms with Gasteiger partial charge in [0.1, 0.15) is 5.75 Å². The molecule has 0 unspecified atom stereocenters. The van der Waals surface area contributed by atoms with Gasteiger partial charge in [-0.1, -0.05) is 5.16 Å². The first-order valence-corrected chi connectivity index (χ1v) is 6.79. The van der Waals surface area contributed by atoms with Crippen molar-refractivity contribution < 1.29 is 14.7 Å². The average Bonchev–Trinajstić information content (AvgIpc) is 2.85. The maximum absolute atomic E-state index is 11.4. The number of carbonyl (C=O) groups is 1. The first-order valence-electron chi connectivity index (χ1n) is 6.79. The third-order valence-electron chi connectivity index (χ3n) is 3.44. The second-order valence-electron chi connectivity index (χ2n) is 5.11. The third kappa shape index (κ3) is 3.29. The van der Waals surface area contributed by atoms with Gasteiger partial charge in [0.25, 0.3) is 0 Å². The molecule has 0 spiro atoms. The molecule has 0 radical (unpaired) electrons. The van der Waals surface area contributed by atoms with Crippen molar-refractivity contribution in [2.45, 2.75) is 25.7 Å². The van der Waals surface area contributed by atoms with Crippen molar-refractivity contribution in [1.82, 2.24) is 4.90 Å². The van der Waals surface area contributed by atoms with Crippen LogP contribution in [0.1, 0.15) is 30.4 Å².